The Balaban J connectivity index is 1.50. The lowest BCUT2D eigenvalue weighted by atomic mass is 10.2. The van der Waals surface area contributed by atoms with Gasteiger partial charge in [-0.25, -0.2) is 0 Å². The monoisotopic (exact) mass is 447 g/mol. The predicted octanol–water partition coefficient (Wildman–Crippen LogP) is 5.13. The number of halogens is 1. The van der Waals surface area contributed by atoms with E-state index in [-0.39, 0.29) is 0 Å². The van der Waals surface area contributed by atoms with Gasteiger partial charge in [0.2, 0.25) is 11.7 Å². The minimum Gasteiger partial charge on any atom is -0.338 e. The van der Waals surface area contributed by atoms with Gasteiger partial charge in [0.1, 0.15) is 0 Å². The minimum absolute atomic E-state index is 0.545. The fourth-order valence-electron chi connectivity index (χ4n) is 2.45. The van der Waals surface area contributed by atoms with Crippen LogP contribution in [-0.2, 0) is 12.3 Å². The molecule has 0 fully saturated rings. The van der Waals surface area contributed by atoms with E-state index >= 15 is 0 Å². The molecule has 0 bridgehead atoms. The van der Waals surface area contributed by atoms with E-state index in [1.54, 1.807) is 23.1 Å². The number of hydrogen-bond donors (Lipinski definition) is 0. The van der Waals surface area contributed by atoms with Crippen LogP contribution in [0.15, 0.2) is 55.9 Å². The molecule has 26 heavy (non-hydrogen) atoms. The Morgan fingerprint density at radius 3 is 2.92 bits per heavy atom. The van der Waals surface area contributed by atoms with Crippen molar-refractivity contribution in [1.82, 2.24) is 24.9 Å². The fourth-order valence-corrected chi connectivity index (χ4v) is 4.41. The van der Waals surface area contributed by atoms with Crippen molar-refractivity contribution in [1.29, 1.82) is 0 Å². The Labute approximate surface area is 166 Å². The number of aromatic nitrogens is 5. The maximum Gasteiger partial charge on any atom is 0.237 e. The first-order chi connectivity index (χ1) is 12.7. The second kappa shape index (κ2) is 7.73. The van der Waals surface area contributed by atoms with Crippen LogP contribution in [0.25, 0.3) is 22.1 Å². The van der Waals surface area contributed by atoms with Gasteiger partial charge in [-0.2, -0.15) is 4.98 Å². The predicted molar refractivity (Wildman–Crippen MR) is 106 cm³/mol. The van der Waals surface area contributed by atoms with Crippen LogP contribution < -0.4 is 0 Å². The van der Waals surface area contributed by atoms with Gasteiger partial charge in [-0.15, -0.1) is 21.5 Å². The molecule has 0 aliphatic heterocycles. The highest BCUT2D eigenvalue weighted by Crippen LogP contribution is 2.29. The summed E-state index contributed by atoms with van der Waals surface area (Å²) in [6.07, 6.45) is 0. The average Bonchev–Trinajstić information content (AvgIpc) is 3.39. The summed E-state index contributed by atoms with van der Waals surface area (Å²) in [4.78, 5) is 5.59. The maximum absolute atomic E-state index is 5.38. The molecule has 0 aliphatic rings. The van der Waals surface area contributed by atoms with Gasteiger partial charge in [-0.05, 0) is 30.5 Å². The van der Waals surface area contributed by atoms with Crippen molar-refractivity contribution in [2.24, 2.45) is 0 Å². The third kappa shape index (κ3) is 3.60. The summed E-state index contributed by atoms with van der Waals surface area (Å²) < 4.78 is 8.46. The lowest BCUT2D eigenvalue weighted by Crippen LogP contribution is -1.99. The summed E-state index contributed by atoms with van der Waals surface area (Å²) in [6.45, 7) is 2.89. The standard InChI is InChI=1S/C17H14BrN5OS2/c1-2-23-16(13-7-4-8-25-13)20-21-17(23)26-10-14-19-15(22-24-14)11-5-3-6-12(18)9-11/h3-9H,2,10H2,1H3. The number of nitrogens with zero attached hydrogens (tertiary/aromatic N) is 5. The Bertz CT molecular complexity index is 1010. The molecule has 0 unspecified atom stereocenters. The Hall–Kier alpha value is -1.97. The topological polar surface area (TPSA) is 69.6 Å². The minimum atomic E-state index is 0.545. The molecule has 0 saturated carbocycles. The third-order valence-corrected chi connectivity index (χ3v) is 5.96. The van der Waals surface area contributed by atoms with Gasteiger partial charge < -0.3 is 9.09 Å². The van der Waals surface area contributed by atoms with Gasteiger partial charge in [0.15, 0.2) is 11.0 Å². The molecule has 0 radical (unpaired) electrons. The van der Waals surface area contributed by atoms with Gasteiger partial charge in [0, 0.05) is 16.6 Å². The second-order valence-electron chi connectivity index (χ2n) is 5.34. The zero-order valence-corrected chi connectivity index (χ0v) is 17.0. The molecule has 0 aliphatic carbocycles. The van der Waals surface area contributed by atoms with E-state index in [1.165, 1.54) is 0 Å². The molecular weight excluding hydrogens is 434 g/mol. The summed E-state index contributed by atoms with van der Waals surface area (Å²) in [5.74, 6) is 2.58. The highest BCUT2D eigenvalue weighted by atomic mass is 79.9. The first-order valence-electron chi connectivity index (χ1n) is 7.93. The molecule has 4 rings (SSSR count). The van der Waals surface area contributed by atoms with Crippen molar-refractivity contribution in [2.45, 2.75) is 24.4 Å². The molecule has 0 atom stereocenters. The largest absolute Gasteiger partial charge is 0.338 e. The summed E-state index contributed by atoms with van der Waals surface area (Å²) in [5, 5.41) is 15.6. The van der Waals surface area contributed by atoms with Crippen LogP contribution >= 0.6 is 39.0 Å². The quantitative estimate of drug-likeness (QED) is 0.381. The van der Waals surface area contributed by atoms with Crippen LogP contribution in [0.2, 0.25) is 0 Å². The molecule has 0 spiro atoms. The van der Waals surface area contributed by atoms with Crippen LogP contribution in [-0.4, -0.2) is 24.9 Å². The van der Waals surface area contributed by atoms with Gasteiger partial charge in [0.25, 0.3) is 0 Å². The van der Waals surface area contributed by atoms with Gasteiger partial charge in [-0.3, -0.25) is 0 Å². The molecule has 1 aromatic carbocycles. The average molecular weight is 448 g/mol. The number of benzene rings is 1. The molecule has 6 nitrogen and oxygen atoms in total. The number of rotatable bonds is 6. The molecular formula is C17H14BrN5OS2. The van der Waals surface area contributed by atoms with E-state index in [1.807, 2.05) is 35.7 Å². The van der Waals surface area contributed by atoms with E-state index < -0.39 is 0 Å². The normalized spacial score (nSPS) is 11.2. The molecule has 0 saturated heterocycles. The summed E-state index contributed by atoms with van der Waals surface area (Å²) in [6, 6.07) is 11.9. The van der Waals surface area contributed by atoms with Crippen molar-refractivity contribution >= 4 is 39.0 Å². The molecule has 0 amide bonds. The van der Waals surface area contributed by atoms with E-state index in [2.05, 4.69) is 53.8 Å². The Kier molecular flexibility index (Phi) is 5.18. The van der Waals surface area contributed by atoms with E-state index in [0.717, 1.165) is 32.4 Å². The zero-order valence-electron chi connectivity index (χ0n) is 13.8. The highest BCUT2D eigenvalue weighted by molar-refractivity contribution is 9.10. The number of thiophene rings is 1. The van der Waals surface area contributed by atoms with E-state index in [4.69, 9.17) is 4.52 Å². The van der Waals surface area contributed by atoms with Crippen molar-refractivity contribution < 1.29 is 4.52 Å². The fraction of sp³-hybridized carbons (Fsp3) is 0.176. The molecule has 9 heteroatoms. The first-order valence-corrected chi connectivity index (χ1v) is 10.6. The van der Waals surface area contributed by atoms with E-state index in [9.17, 15) is 0 Å². The number of thioether (sulfide) groups is 1. The van der Waals surface area contributed by atoms with Crippen LogP contribution in [0, 0.1) is 0 Å². The highest BCUT2D eigenvalue weighted by Gasteiger charge is 2.16. The van der Waals surface area contributed by atoms with Crippen molar-refractivity contribution in [3.8, 4) is 22.1 Å². The molecule has 3 heterocycles. The molecule has 3 aromatic heterocycles. The molecule has 0 N–H and O–H groups in total. The smallest absolute Gasteiger partial charge is 0.237 e. The zero-order chi connectivity index (χ0) is 17.9. The van der Waals surface area contributed by atoms with Crippen molar-refractivity contribution in [2.75, 3.05) is 0 Å². The van der Waals surface area contributed by atoms with Crippen LogP contribution in [0.5, 0.6) is 0 Å². The van der Waals surface area contributed by atoms with E-state index in [0.29, 0.717) is 17.5 Å². The first kappa shape index (κ1) is 17.4. The van der Waals surface area contributed by atoms with Crippen LogP contribution in [0.3, 0.4) is 0 Å². The SMILES string of the molecule is CCn1c(SCc2nc(-c3cccc(Br)c3)no2)nnc1-c1cccs1. The lowest BCUT2D eigenvalue weighted by Gasteiger charge is -2.04. The van der Waals surface area contributed by atoms with Crippen LogP contribution in [0.1, 0.15) is 12.8 Å². The Morgan fingerprint density at radius 2 is 2.15 bits per heavy atom. The molecule has 132 valence electrons. The third-order valence-electron chi connectivity index (χ3n) is 3.65. The lowest BCUT2D eigenvalue weighted by molar-refractivity contribution is 0.391. The summed E-state index contributed by atoms with van der Waals surface area (Å²) >= 11 is 6.66. The summed E-state index contributed by atoms with van der Waals surface area (Å²) in [5.41, 5.74) is 0.913. The van der Waals surface area contributed by atoms with Gasteiger partial charge >= 0.3 is 0 Å². The van der Waals surface area contributed by atoms with Crippen LogP contribution in [0.4, 0.5) is 0 Å². The summed E-state index contributed by atoms with van der Waals surface area (Å²) in [7, 11) is 0. The second-order valence-corrected chi connectivity index (χ2v) is 8.14. The van der Waals surface area contributed by atoms with Crippen molar-refractivity contribution in [3.05, 3.63) is 52.1 Å². The van der Waals surface area contributed by atoms with Gasteiger partial charge in [-0.1, -0.05) is 51.0 Å². The molecule has 4 aromatic rings. The van der Waals surface area contributed by atoms with Crippen molar-refractivity contribution in [3.63, 3.8) is 0 Å². The number of hydrogen-bond acceptors (Lipinski definition) is 7. The maximum atomic E-state index is 5.38. The Morgan fingerprint density at radius 1 is 1.23 bits per heavy atom. The van der Waals surface area contributed by atoms with Gasteiger partial charge in [0.05, 0.1) is 10.6 Å².